The quantitative estimate of drug-likeness (QED) is 0.879. The van der Waals surface area contributed by atoms with Gasteiger partial charge >= 0.3 is 0 Å². The van der Waals surface area contributed by atoms with Gasteiger partial charge in [-0.1, -0.05) is 25.5 Å². The third-order valence-corrected chi connectivity index (χ3v) is 4.23. The van der Waals surface area contributed by atoms with Crippen LogP contribution in [0.1, 0.15) is 30.9 Å². The highest BCUT2D eigenvalue weighted by molar-refractivity contribution is 6.20. The van der Waals surface area contributed by atoms with Crippen LogP contribution in [-0.2, 0) is 4.79 Å². The number of nitrogens with zero attached hydrogens (tertiary/aromatic N) is 2. The lowest BCUT2D eigenvalue weighted by Gasteiger charge is -2.20. The van der Waals surface area contributed by atoms with Crippen molar-refractivity contribution in [1.82, 2.24) is 0 Å². The van der Waals surface area contributed by atoms with Crippen LogP contribution in [0, 0.1) is 5.82 Å². The molecule has 2 aromatic rings. The average Bonchev–Trinajstić information content (AvgIpc) is 2.66. The van der Waals surface area contributed by atoms with E-state index in [4.69, 9.17) is 5.73 Å². The minimum atomic E-state index is -0.525. The topological polar surface area (TPSA) is 58.7 Å². The van der Waals surface area contributed by atoms with Gasteiger partial charge in [-0.15, -0.1) is 0 Å². The van der Waals surface area contributed by atoms with Crippen molar-refractivity contribution in [2.75, 3.05) is 17.7 Å². The lowest BCUT2D eigenvalue weighted by Crippen LogP contribution is -2.34. The molecule has 0 aromatic heterocycles. The molecule has 24 heavy (non-hydrogen) atoms. The minimum Gasteiger partial charge on any atom is -0.399 e. The van der Waals surface area contributed by atoms with Crippen LogP contribution in [0.15, 0.2) is 47.5 Å². The van der Waals surface area contributed by atoms with E-state index in [-0.39, 0.29) is 11.7 Å². The van der Waals surface area contributed by atoms with Crippen molar-refractivity contribution in [1.29, 1.82) is 0 Å². The third-order valence-electron chi connectivity index (χ3n) is 4.23. The molecule has 1 amide bonds. The van der Waals surface area contributed by atoms with Crippen molar-refractivity contribution in [3.63, 3.8) is 0 Å². The van der Waals surface area contributed by atoms with E-state index < -0.39 is 6.04 Å². The molecule has 0 radical (unpaired) electrons. The van der Waals surface area contributed by atoms with Crippen LogP contribution in [0.25, 0.3) is 0 Å². The monoisotopic (exact) mass is 325 g/mol. The number of fused-ring (bicyclic) bond motifs is 1. The van der Waals surface area contributed by atoms with Gasteiger partial charge in [-0.25, -0.2) is 4.39 Å². The molecule has 0 aliphatic carbocycles. The largest absolute Gasteiger partial charge is 0.399 e. The fraction of sp³-hybridized carbons (Fsp3) is 0.263. The second-order valence-electron chi connectivity index (χ2n) is 5.94. The second-order valence-corrected chi connectivity index (χ2v) is 5.94. The minimum absolute atomic E-state index is 0.0887. The highest BCUT2D eigenvalue weighted by Crippen LogP contribution is 2.30. The fourth-order valence-electron chi connectivity index (χ4n) is 2.99. The number of carbonyl (C=O) groups excluding carboxylic acids is 1. The number of anilines is 2. The maximum atomic E-state index is 14.4. The molecule has 1 aliphatic rings. The van der Waals surface area contributed by atoms with Gasteiger partial charge in [-0.05, 0) is 36.8 Å². The van der Waals surface area contributed by atoms with Gasteiger partial charge in [0.1, 0.15) is 11.9 Å². The molecule has 1 unspecified atom stereocenters. The number of hydrogen-bond acceptors (Lipinski definition) is 3. The van der Waals surface area contributed by atoms with Crippen LogP contribution in [-0.4, -0.2) is 24.7 Å². The number of benzodiazepines with no additional fused rings is 1. The molecule has 0 saturated carbocycles. The Balaban J connectivity index is 2.28. The van der Waals surface area contributed by atoms with Crippen molar-refractivity contribution >= 4 is 23.0 Å². The normalized spacial score (nSPS) is 17.3. The van der Waals surface area contributed by atoms with Gasteiger partial charge in [0.2, 0.25) is 0 Å². The zero-order chi connectivity index (χ0) is 17.3. The fourth-order valence-corrected chi connectivity index (χ4v) is 2.99. The summed E-state index contributed by atoms with van der Waals surface area (Å²) in [4.78, 5) is 19.0. The summed E-state index contributed by atoms with van der Waals surface area (Å²) >= 11 is 0. The zero-order valence-electron chi connectivity index (χ0n) is 13.8. The Labute approximate surface area is 140 Å². The van der Waals surface area contributed by atoms with E-state index in [0.717, 1.165) is 6.42 Å². The first kappa shape index (κ1) is 16.2. The molecule has 0 spiro atoms. The Morgan fingerprint density at radius 2 is 1.96 bits per heavy atom. The number of halogens is 1. The summed E-state index contributed by atoms with van der Waals surface area (Å²) in [5, 5.41) is 0. The summed E-state index contributed by atoms with van der Waals surface area (Å²) in [6.07, 6.45) is 1.43. The average molecular weight is 325 g/mol. The maximum Gasteiger partial charge on any atom is 0.251 e. The van der Waals surface area contributed by atoms with Gasteiger partial charge < -0.3 is 10.6 Å². The number of benzene rings is 2. The van der Waals surface area contributed by atoms with Gasteiger partial charge in [0, 0.05) is 23.9 Å². The summed E-state index contributed by atoms with van der Waals surface area (Å²) in [6, 6.07) is 11.2. The van der Waals surface area contributed by atoms with Gasteiger partial charge in [0.05, 0.1) is 11.4 Å². The van der Waals surface area contributed by atoms with Crippen molar-refractivity contribution < 1.29 is 9.18 Å². The van der Waals surface area contributed by atoms with Gasteiger partial charge in [0.15, 0.2) is 0 Å². The summed E-state index contributed by atoms with van der Waals surface area (Å²) in [7, 11) is 1.72. The molecular weight excluding hydrogens is 305 g/mol. The molecule has 5 heteroatoms. The van der Waals surface area contributed by atoms with Gasteiger partial charge in [-0.2, -0.15) is 0 Å². The number of amides is 1. The summed E-state index contributed by atoms with van der Waals surface area (Å²) in [5.74, 6) is -0.453. The van der Waals surface area contributed by atoms with E-state index in [1.165, 1.54) is 6.07 Å². The van der Waals surface area contributed by atoms with Crippen LogP contribution in [0.3, 0.4) is 0 Å². The standard InChI is InChI=1S/C19H20FN3O/c1-3-6-16-19(24)23(2)17-10-9-12(21)11-14(17)18(22-16)13-7-4-5-8-15(13)20/h4-5,7-11,16H,3,6,21H2,1-2H3. The van der Waals surface area contributed by atoms with Crippen molar-refractivity contribution in [2.24, 2.45) is 4.99 Å². The van der Waals surface area contributed by atoms with E-state index in [1.807, 2.05) is 6.92 Å². The third kappa shape index (κ3) is 2.77. The van der Waals surface area contributed by atoms with Crippen LogP contribution >= 0.6 is 0 Å². The first-order chi connectivity index (χ1) is 11.5. The number of nitrogens with two attached hydrogens (primary N) is 1. The number of likely N-dealkylation sites (N-methyl/N-ethyl adjacent to an activating group) is 1. The highest BCUT2D eigenvalue weighted by Gasteiger charge is 2.30. The lowest BCUT2D eigenvalue weighted by atomic mass is 9.99. The lowest BCUT2D eigenvalue weighted by molar-refractivity contribution is -0.119. The predicted molar refractivity (Wildman–Crippen MR) is 95.0 cm³/mol. The molecule has 3 rings (SSSR count). The molecule has 2 N–H and O–H groups in total. The first-order valence-electron chi connectivity index (χ1n) is 8.03. The van der Waals surface area contributed by atoms with E-state index in [9.17, 15) is 9.18 Å². The Kier molecular flexibility index (Phi) is 4.34. The molecule has 2 aromatic carbocycles. The summed E-state index contributed by atoms with van der Waals surface area (Å²) in [5.41, 5.74) is 8.71. The number of carbonyl (C=O) groups is 1. The molecule has 1 atom stereocenters. The van der Waals surface area contributed by atoms with Crippen molar-refractivity contribution in [3.05, 3.63) is 59.4 Å². The van der Waals surface area contributed by atoms with Crippen LogP contribution in [0.2, 0.25) is 0 Å². The van der Waals surface area contributed by atoms with Crippen LogP contribution < -0.4 is 10.6 Å². The maximum absolute atomic E-state index is 14.4. The van der Waals surface area contributed by atoms with E-state index in [0.29, 0.717) is 34.6 Å². The first-order valence-corrected chi connectivity index (χ1v) is 8.03. The summed E-state index contributed by atoms with van der Waals surface area (Å²) in [6.45, 7) is 2.00. The SMILES string of the molecule is CCCC1N=C(c2ccccc2F)c2cc(N)ccc2N(C)C1=O. The predicted octanol–water partition coefficient (Wildman–Crippen LogP) is 3.39. The smallest absolute Gasteiger partial charge is 0.251 e. The number of nitrogen functional groups attached to an aromatic ring is 1. The Morgan fingerprint density at radius 1 is 1.21 bits per heavy atom. The number of hydrogen-bond donors (Lipinski definition) is 1. The molecule has 1 aliphatic heterocycles. The second kappa shape index (κ2) is 6.43. The molecule has 4 nitrogen and oxygen atoms in total. The molecule has 0 saturated heterocycles. The highest BCUT2D eigenvalue weighted by atomic mass is 19.1. The Bertz CT molecular complexity index is 816. The van der Waals surface area contributed by atoms with Gasteiger partial charge in [-0.3, -0.25) is 9.79 Å². The Hall–Kier alpha value is -2.69. The van der Waals surface area contributed by atoms with E-state index >= 15 is 0 Å². The molecule has 1 heterocycles. The van der Waals surface area contributed by atoms with Crippen LogP contribution in [0.5, 0.6) is 0 Å². The van der Waals surface area contributed by atoms with E-state index in [1.54, 1.807) is 48.3 Å². The summed E-state index contributed by atoms with van der Waals surface area (Å²) < 4.78 is 14.4. The molecular formula is C19H20FN3O. The molecule has 0 bridgehead atoms. The van der Waals surface area contributed by atoms with Crippen LogP contribution in [0.4, 0.5) is 15.8 Å². The number of aliphatic imine (C=N–C) groups is 1. The van der Waals surface area contributed by atoms with E-state index in [2.05, 4.69) is 4.99 Å². The number of rotatable bonds is 3. The zero-order valence-corrected chi connectivity index (χ0v) is 13.8. The van der Waals surface area contributed by atoms with Crippen molar-refractivity contribution in [2.45, 2.75) is 25.8 Å². The van der Waals surface area contributed by atoms with Crippen molar-refractivity contribution in [3.8, 4) is 0 Å². The molecule has 0 fully saturated rings. The Morgan fingerprint density at radius 3 is 2.67 bits per heavy atom. The molecule has 124 valence electrons. The van der Waals surface area contributed by atoms with Gasteiger partial charge in [0.25, 0.3) is 5.91 Å².